The lowest BCUT2D eigenvalue weighted by atomic mass is 9.91. The first-order valence-electron chi connectivity index (χ1n) is 6.10. The normalized spacial score (nSPS) is 18.1. The van der Waals surface area contributed by atoms with Crippen molar-refractivity contribution in [3.05, 3.63) is 5.28 Å². The van der Waals surface area contributed by atoms with Gasteiger partial charge in [0.2, 0.25) is 17.2 Å². The minimum atomic E-state index is -0.452. The molecular weight excluding hydrogens is 270 g/mol. The molecule has 2 N–H and O–H groups in total. The van der Waals surface area contributed by atoms with Crippen LogP contribution in [0.4, 0.5) is 11.9 Å². The predicted octanol–water partition coefficient (Wildman–Crippen LogP) is 0.544. The number of anilines is 2. The Morgan fingerprint density at radius 2 is 2.00 bits per heavy atom. The van der Waals surface area contributed by atoms with Gasteiger partial charge in [0.25, 0.3) is 0 Å². The minimum absolute atomic E-state index is 0.00302. The smallest absolute Gasteiger partial charge is 0.230 e. The first kappa shape index (κ1) is 14.2. The number of halogens is 1. The van der Waals surface area contributed by atoms with Crippen molar-refractivity contribution in [2.45, 2.75) is 18.4 Å². The fourth-order valence-electron chi connectivity index (χ4n) is 1.92. The van der Waals surface area contributed by atoms with Crippen LogP contribution in [0.5, 0.6) is 0 Å². The molecule has 106 valence electrons. The van der Waals surface area contributed by atoms with E-state index in [2.05, 4.69) is 20.3 Å². The maximum absolute atomic E-state index is 9.62. The zero-order valence-electron chi connectivity index (χ0n) is 11.1. The molecule has 2 rings (SSSR count). The molecule has 0 saturated carbocycles. The molecule has 0 aliphatic carbocycles. The van der Waals surface area contributed by atoms with Crippen molar-refractivity contribution in [3.63, 3.8) is 0 Å². The molecule has 19 heavy (non-hydrogen) atoms. The summed E-state index contributed by atoms with van der Waals surface area (Å²) in [6.45, 7) is 1.21. The van der Waals surface area contributed by atoms with Gasteiger partial charge in [-0.1, -0.05) is 0 Å². The molecule has 0 aromatic carbocycles. The van der Waals surface area contributed by atoms with Crippen LogP contribution in [0.2, 0.25) is 5.28 Å². The quantitative estimate of drug-likeness (QED) is 0.836. The number of aliphatic hydroxyl groups excluding tert-OH is 1. The summed E-state index contributed by atoms with van der Waals surface area (Å²) >= 11 is 5.88. The Morgan fingerprint density at radius 1 is 1.32 bits per heavy atom. The average Bonchev–Trinajstić information content (AvgIpc) is 2.39. The SMILES string of the molecule is CN(C)c1nc(Cl)nc(NC2(CO)CCOCC2)n1. The molecule has 0 amide bonds. The van der Waals surface area contributed by atoms with E-state index in [9.17, 15) is 5.11 Å². The molecule has 1 saturated heterocycles. The molecule has 0 atom stereocenters. The van der Waals surface area contributed by atoms with Gasteiger partial charge in [0.15, 0.2) is 0 Å². The van der Waals surface area contributed by atoms with E-state index in [0.29, 0.717) is 38.0 Å². The van der Waals surface area contributed by atoms with Crippen molar-refractivity contribution in [2.24, 2.45) is 0 Å². The molecule has 1 aliphatic rings. The summed E-state index contributed by atoms with van der Waals surface area (Å²) in [6, 6.07) is 0. The van der Waals surface area contributed by atoms with Crippen LogP contribution < -0.4 is 10.2 Å². The lowest BCUT2D eigenvalue weighted by molar-refractivity contribution is 0.0377. The van der Waals surface area contributed by atoms with Gasteiger partial charge >= 0.3 is 0 Å². The highest BCUT2D eigenvalue weighted by atomic mass is 35.5. The highest BCUT2D eigenvalue weighted by Gasteiger charge is 2.32. The number of aromatic nitrogens is 3. The van der Waals surface area contributed by atoms with Crippen LogP contribution in [0, 0.1) is 0 Å². The molecule has 1 fully saturated rings. The lowest BCUT2D eigenvalue weighted by Crippen LogP contribution is -2.47. The van der Waals surface area contributed by atoms with E-state index in [4.69, 9.17) is 16.3 Å². The van der Waals surface area contributed by atoms with Crippen molar-refractivity contribution < 1.29 is 9.84 Å². The third-order valence-corrected chi connectivity index (χ3v) is 3.29. The van der Waals surface area contributed by atoms with Crippen LogP contribution in [0.3, 0.4) is 0 Å². The second kappa shape index (κ2) is 5.85. The second-order valence-electron chi connectivity index (χ2n) is 4.80. The van der Waals surface area contributed by atoms with E-state index in [0.717, 1.165) is 0 Å². The fourth-order valence-corrected chi connectivity index (χ4v) is 2.07. The van der Waals surface area contributed by atoms with E-state index >= 15 is 0 Å². The average molecular weight is 288 g/mol. The number of hydrogen-bond donors (Lipinski definition) is 2. The summed E-state index contributed by atoms with van der Waals surface area (Å²) < 4.78 is 5.31. The number of hydrogen-bond acceptors (Lipinski definition) is 7. The molecule has 0 unspecified atom stereocenters. The Kier molecular flexibility index (Phi) is 4.38. The zero-order chi connectivity index (χ0) is 13.9. The summed E-state index contributed by atoms with van der Waals surface area (Å²) in [5, 5.41) is 12.9. The summed E-state index contributed by atoms with van der Waals surface area (Å²) in [4.78, 5) is 14.1. The monoisotopic (exact) mass is 287 g/mol. The third-order valence-electron chi connectivity index (χ3n) is 3.13. The predicted molar refractivity (Wildman–Crippen MR) is 72.7 cm³/mol. The van der Waals surface area contributed by atoms with E-state index in [1.807, 2.05) is 14.1 Å². The second-order valence-corrected chi connectivity index (χ2v) is 5.14. The molecule has 0 spiro atoms. The first-order chi connectivity index (χ1) is 9.04. The molecule has 8 heteroatoms. The van der Waals surface area contributed by atoms with Crippen molar-refractivity contribution in [3.8, 4) is 0 Å². The van der Waals surface area contributed by atoms with Gasteiger partial charge in [0.1, 0.15) is 0 Å². The van der Waals surface area contributed by atoms with Crippen LogP contribution in [0.15, 0.2) is 0 Å². The third kappa shape index (κ3) is 3.43. The molecule has 1 aromatic rings. The molecule has 7 nitrogen and oxygen atoms in total. The van der Waals surface area contributed by atoms with Crippen LogP contribution in [-0.4, -0.2) is 59.5 Å². The highest BCUT2D eigenvalue weighted by molar-refractivity contribution is 6.28. The van der Waals surface area contributed by atoms with E-state index in [-0.39, 0.29) is 11.9 Å². The Morgan fingerprint density at radius 3 is 2.58 bits per heavy atom. The molecule has 2 heterocycles. The Bertz CT molecular complexity index is 437. The molecule has 1 aromatic heterocycles. The minimum Gasteiger partial charge on any atom is -0.394 e. The van der Waals surface area contributed by atoms with Gasteiger partial charge in [-0.15, -0.1) is 0 Å². The Hall–Kier alpha value is -1.18. The van der Waals surface area contributed by atoms with Gasteiger partial charge in [-0.05, 0) is 24.4 Å². The zero-order valence-corrected chi connectivity index (χ0v) is 11.8. The van der Waals surface area contributed by atoms with E-state index in [1.165, 1.54) is 0 Å². The molecule has 1 aliphatic heterocycles. The maximum atomic E-state index is 9.62. The van der Waals surface area contributed by atoms with Gasteiger partial charge < -0.3 is 20.1 Å². The van der Waals surface area contributed by atoms with Crippen LogP contribution in [0.25, 0.3) is 0 Å². The van der Waals surface area contributed by atoms with E-state index < -0.39 is 5.54 Å². The van der Waals surface area contributed by atoms with Crippen molar-refractivity contribution in [2.75, 3.05) is 44.1 Å². The number of aliphatic hydroxyl groups is 1. The topological polar surface area (TPSA) is 83.4 Å². The first-order valence-corrected chi connectivity index (χ1v) is 6.48. The van der Waals surface area contributed by atoms with Crippen molar-refractivity contribution in [1.82, 2.24) is 15.0 Å². The number of ether oxygens (including phenoxy) is 1. The Balaban J connectivity index is 2.21. The fraction of sp³-hybridized carbons (Fsp3) is 0.727. The molecular formula is C11H18ClN5O2. The summed E-state index contributed by atoms with van der Waals surface area (Å²) in [5.41, 5.74) is -0.452. The number of rotatable bonds is 4. The number of nitrogens with zero attached hydrogens (tertiary/aromatic N) is 4. The maximum Gasteiger partial charge on any atom is 0.230 e. The largest absolute Gasteiger partial charge is 0.394 e. The van der Waals surface area contributed by atoms with Gasteiger partial charge in [-0.2, -0.15) is 15.0 Å². The van der Waals surface area contributed by atoms with Gasteiger partial charge in [-0.25, -0.2) is 0 Å². The molecule has 0 bridgehead atoms. The standard InChI is InChI=1S/C11H18ClN5O2/c1-17(2)10-14-8(12)13-9(15-10)16-11(7-18)3-5-19-6-4-11/h18H,3-7H2,1-2H3,(H,13,14,15,16). The molecule has 0 radical (unpaired) electrons. The highest BCUT2D eigenvalue weighted by Crippen LogP contribution is 2.25. The summed E-state index contributed by atoms with van der Waals surface area (Å²) in [7, 11) is 3.65. The van der Waals surface area contributed by atoms with Gasteiger partial charge in [0, 0.05) is 27.3 Å². The van der Waals surface area contributed by atoms with E-state index in [1.54, 1.807) is 4.90 Å². The summed E-state index contributed by atoms with van der Waals surface area (Å²) in [5.74, 6) is 0.849. The number of nitrogens with one attached hydrogen (secondary N) is 1. The van der Waals surface area contributed by atoms with Crippen LogP contribution >= 0.6 is 11.6 Å². The van der Waals surface area contributed by atoms with Crippen molar-refractivity contribution in [1.29, 1.82) is 0 Å². The lowest BCUT2D eigenvalue weighted by Gasteiger charge is -2.36. The van der Waals surface area contributed by atoms with Crippen molar-refractivity contribution >= 4 is 23.5 Å². The van der Waals surface area contributed by atoms with Crippen LogP contribution in [-0.2, 0) is 4.74 Å². The van der Waals surface area contributed by atoms with Gasteiger partial charge in [0.05, 0.1) is 12.1 Å². The Labute approximate surface area is 117 Å². The van der Waals surface area contributed by atoms with Gasteiger partial charge in [-0.3, -0.25) is 0 Å². The van der Waals surface area contributed by atoms with Crippen LogP contribution in [0.1, 0.15) is 12.8 Å². The summed E-state index contributed by atoms with van der Waals surface area (Å²) in [6.07, 6.45) is 1.40.